The van der Waals surface area contributed by atoms with Crippen molar-refractivity contribution in [1.29, 1.82) is 0 Å². The van der Waals surface area contributed by atoms with Gasteiger partial charge in [-0.1, -0.05) is 6.92 Å². The molecule has 0 radical (unpaired) electrons. The van der Waals surface area contributed by atoms with E-state index in [2.05, 4.69) is 4.72 Å². The van der Waals surface area contributed by atoms with Gasteiger partial charge in [0.1, 0.15) is 4.21 Å². The van der Waals surface area contributed by atoms with Gasteiger partial charge in [-0.25, -0.2) is 16.8 Å². The quantitative estimate of drug-likeness (QED) is 0.779. The van der Waals surface area contributed by atoms with E-state index in [0.29, 0.717) is 32.0 Å². The van der Waals surface area contributed by atoms with E-state index in [1.54, 1.807) is 12.1 Å². The molecule has 1 aliphatic rings. The van der Waals surface area contributed by atoms with Gasteiger partial charge in [-0.15, -0.1) is 11.3 Å². The van der Waals surface area contributed by atoms with E-state index in [9.17, 15) is 16.8 Å². The van der Waals surface area contributed by atoms with E-state index < -0.39 is 20.0 Å². The molecule has 26 heavy (non-hydrogen) atoms. The van der Waals surface area contributed by atoms with Crippen LogP contribution in [0.4, 0.5) is 5.69 Å². The van der Waals surface area contributed by atoms with E-state index in [1.807, 2.05) is 6.92 Å². The average molecular weight is 417 g/mol. The van der Waals surface area contributed by atoms with Gasteiger partial charge in [0.25, 0.3) is 10.0 Å². The zero-order valence-electron chi connectivity index (χ0n) is 14.2. The van der Waals surface area contributed by atoms with E-state index in [0.717, 1.165) is 11.3 Å². The number of aryl methyl sites for hydroxylation is 1. The van der Waals surface area contributed by atoms with Crippen LogP contribution in [0, 0.1) is 0 Å². The van der Waals surface area contributed by atoms with Crippen molar-refractivity contribution in [2.24, 2.45) is 0 Å². The van der Waals surface area contributed by atoms with Crippen molar-refractivity contribution < 1.29 is 21.6 Å². The fourth-order valence-corrected chi connectivity index (χ4v) is 6.29. The van der Waals surface area contributed by atoms with E-state index >= 15 is 0 Å². The van der Waals surface area contributed by atoms with Gasteiger partial charge in [-0.2, -0.15) is 4.31 Å². The Labute approximate surface area is 157 Å². The number of morpholine rings is 1. The normalized spacial score (nSPS) is 16.5. The molecule has 3 rings (SSSR count). The summed E-state index contributed by atoms with van der Waals surface area (Å²) in [6, 6.07) is 9.10. The molecule has 0 bridgehead atoms. The molecule has 0 saturated carbocycles. The first-order valence-corrected chi connectivity index (χ1v) is 11.9. The van der Waals surface area contributed by atoms with Crippen LogP contribution in [0.3, 0.4) is 0 Å². The van der Waals surface area contributed by atoms with Crippen molar-refractivity contribution in [3.05, 3.63) is 41.3 Å². The van der Waals surface area contributed by atoms with Crippen molar-refractivity contribution in [3.63, 3.8) is 0 Å². The van der Waals surface area contributed by atoms with Crippen LogP contribution in [0.5, 0.6) is 0 Å². The number of rotatable bonds is 6. The van der Waals surface area contributed by atoms with Crippen LogP contribution in [-0.4, -0.2) is 47.4 Å². The third kappa shape index (κ3) is 4.09. The third-order valence-corrected chi connectivity index (χ3v) is 8.98. The van der Waals surface area contributed by atoms with Gasteiger partial charge in [0.2, 0.25) is 10.0 Å². The highest BCUT2D eigenvalue weighted by Gasteiger charge is 2.26. The topological polar surface area (TPSA) is 92.8 Å². The summed E-state index contributed by atoms with van der Waals surface area (Å²) in [6.45, 7) is 3.34. The lowest BCUT2D eigenvalue weighted by Crippen LogP contribution is -2.40. The summed E-state index contributed by atoms with van der Waals surface area (Å²) in [5.74, 6) is 0. The van der Waals surface area contributed by atoms with Crippen molar-refractivity contribution >= 4 is 37.1 Å². The van der Waals surface area contributed by atoms with Crippen molar-refractivity contribution in [2.45, 2.75) is 22.4 Å². The molecule has 2 heterocycles. The van der Waals surface area contributed by atoms with Gasteiger partial charge in [-0.3, -0.25) is 4.72 Å². The van der Waals surface area contributed by atoms with E-state index in [-0.39, 0.29) is 9.10 Å². The highest BCUT2D eigenvalue weighted by atomic mass is 32.2. The van der Waals surface area contributed by atoms with E-state index in [1.165, 1.54) is 39.9 Å². The molecule has 142 valence electrons. The van der Waals surface area contributed by atoms with Gasteiger partial charge in [0, 0.05) is 23.7 Å². The second-order valence-electron chi connectivity index (χ2n) is 5.72. The number of sulfonamides is 2. The number of nitrogens with zero attached hydrogens (tertiary/aromatic N) is 1. The number of benzene rings is 1. The van der Waals surface area contributed by atoms with Crippen LogP contribution < -0.4 is 4.72 Å². The van der Waals surface area contributed by atoms with Crippen LogP contribution >= 0.6 is 11.3 Å². The van der Waals surface area contributed by atoms with E-state index in [4.69, 9.17) is 4.74 Å². The lowest BCUT2D eigenvalue weighted by Gasteiger charge is -2.26. The Bertz CT molecular complexity index is 960. The average Bonchev–Trinajstić information content (AvgIpc) is 3.13. The van der Waals surface area contributed by atoms with Crippen molar-refractivity contribution in [2.75, 3.05) is 31.0 Å². The van der Waals surface area contributed by atoms with Crippen molar-refractivity contribution in [1.82, 2.24) is 4.31 Å². The van der Waals surface area contributed by atoms with Gasteiger partial charge in [0.15, 0.2) is 0 Å². The number of hydrogen-bond donors (Lipinski definition) is 1. The molecule has 0 atom stereocenters. The third-order valence-electron chi connectivity index (χ3n) is 3.96. The fraction of sp³-hybridized carbons (Fsp3) is 0.375. The van der Waals surface area contributed by atoms with Crippen LogP contribution in [0.25, 0.3) is 0 Å². The van der Waals surface area contributed by atoms with Gasteiger partial charge in [-0.05, 0) is 42.8 Å². The SMILES string of the molecule is CCc1ccc(S(=O)(=O)Nc2ccc(S(=O)(=O)N3CCOCC3)cc2)s1. The predicted molar refractivity (Wildman–Crippen MR) is 101 cm³/mol. The Hall–Kier alpha value is -1.46. The Morgan fingerprint density at radius 2 is 1.69 bits per heavy atom. The predicted octanol–water partition coefficient (Wildman–Crippen LogP) is 2.13. The van der Waals surface area contributed by atoms with Crippen LogP contribution in [-0.2, 0) is 31.2 Å². The monoisotopic (exact) mass is 416 g/mol. The molecule has 1 saturated heterocycles. The molecule has 0 amide bonds. The number of anilines is 1. The molecule has 0 aliphatic carbocycles. The summed E-state index contributed by atoms with van der Waals surface area (Å²) in [6.07, 6.45) is 0.772. The molecule has 1 N–H and O–H groups in total. The summed E-state index contributed by atoms with van der Waals surface area (Å²) < 4.78 is 59.3. The zero-order chi connectivity index (χ0) is 18.8. The Kier molecular flexibility index (Phi) is 5.68. The van der Waals surface area contributed by atoms with Crippen molar-refractivity contribution in [3.8, 4) is 0 Å². The highest BCUT2D eigenvalue weighted by Crippen LogP contribution is 2.25. The zero-order valence-corrected chi connectivity index (χ0v) is 16.7. The first-order chi connectivity index (χ1) is 12.3. The number of nitrogens with one attached hydrogen (secondary N) is 1. The second kappa shape index (κ2) is 7.65. The smallest absolute Gasteiger partial charge is 0.271 e. The Morgan fingerprint density at radius 1 is 1.04 bits per heavy atom. The highest BCUT2D eigenvalue weighted by molar-refractivity contribution is 7.94. The molecule has 2 aromatic rings. The first-order valence-electron chi connectivity index (χ1n) is 8.12. The Balaban J connectivity index is 1.77. The summed E-state index contributed by atoms with van der Waals surface area (Å²) in [7, 11) is -7.28. The standard InChI is InChI=1S/C16H20N2O5S3/c1-2-14-5-8-16(24-14)25(19,20)17-13-3-6-15(7-4-13)26(21,22)18-9-11-23-12-10-18/h3-8,17H,2,9-12H2,1H3. The van der Waals surface area contributed by atoms with Gasteiger partial charge < -0.3 is 4.74 Å². The molecular formula is C16H20N2O5S3. The maximum Gasteiger partial charge on any atom is 0.271 e. The number of hydrogen-bond acceptors (Lipinski definition) is 6. The minimum Gasteiger partial charge on any atom is -0.379 e. The van der Waals surface area contributed by atoms with Gasteiger partial charge >= 0.3 is 0 Å². The summed E-state index contributed by atoms with van der Waals surface area (Å²) in [4.78, 5) is 1.11. The van der Waals surface area contributed by atoms with Crippen LogP contribution in [0.2, 0.25) is 0 Å². The van der Waals surface area contributed by atoms with Crippen LogP contribution in [0.15, 0.2) is 45.5 Å². The molecule has 0 unspecified atom stereocenters. The second-order valence-corrected chi connectivity index (χ2v) is 10.7. The summed E-state index contributed by atoms with van der Waals surface area (Å²) in [5.41, 5.74) is 0.317. The number of thiophene rings is 1. The van der Waals surface area contributed by atoms with Crippen LogP contribution in [0.1, 0.15) is 11.8 Å². The molecule has 0 spiro atoms. The first kappa shape index (κ1) is 19.3. The fourth-order valence-electron chi connectivity index (χ4n) is 2.53. The molecular weight excluding hydrogens is 396 g/mol. The summed E-state index contributed by atoms with van der Waals surface area (Å²) >= 11 is 1.22. The lowest BCUT2D eigenvalue weighted by molar-refractivity contribution is 0.0730. The largest absolute Gasteiger partial charge is 0.379 e. The Morgan fingerprint density at radius 3 is 2.27 bits per heavy atom. The van der Waals surface area contributed by atoms with Gasteiger partial charge in [0.05, 0.1) is 18.1 Å². The minimum absolute atomic E-state index is 0.131. The maximum absolute atomic E-state index is 12.6. The maximum atomic E-state index is 12.6. The molecule has 10 heteroatoms. The number of ether oxygens (including phenoxy) is 1. The molecule has 1 aromatic heterocycles. The lowest BCUT2D eigenvalue weighted by atomic mass is 10.3. The molecule has 7 nitrogen and oxygen atoms in total. The summed E-state index contributed by atoms with van der Waals surface area (Å²) in [5, 5.41) is 0. The molecule has 1 aromatic carbocycles. The molecule has 1 fully saturated rings. The molecule has 1 aliphatic heterocycles. The minimum atomic E-state index is -3.68.